The maximum Gasteiger partial charge on any atom is 0.308 e. The number of anilines is 1. The van der Waals surface area contributed by atoms with Gasteiger partial charge >= 0.3 is 5.97 Å². The zero-order chi connectivity index (χ0) is 13.4. The van der Waals surface area contributed by atoms with E-state index in [9.17, 15) is 9.90 Å². The number of likely N-dealkylation sites (tertiary alicyclic amines) is 1. The second-order valence-electron chi connectivity index (χ2n) is 5.53. The van der Waals surface area contributed by atoms with Crippen molar-refractivity contribution in [2.24, 2.45) is 17.8 Å². The minimum absolute atomic E-state index is 0.185. The van der Waals surface area contributed by atoms with Gasteiger partial charge in [0.25, 0.3) is 0 Å². The third kappa shape index (κ3) is 2.74. The molecule has 6 heteroatoms. The molecule has 1 saturated carbocycles. The zero-order valence-corrected chi connectivity index (χ0v) is 11.8. The predicted molar refractivity (Wildman–Crippen MR) is 74.3 cm³/mol. The fourth-order valence-corrected chi connectivity index (χ4v) is 3.69. The van der Waals surface area contributed by atoms with Gasteiger partial charge in [-0.15, -0.1) is 11.3 Å². The van der Waals surface area contributed by atoms with Gasteiger partial charge < -0.3 is 10.4 Å². The highest BCUT2D eigenvalue weighted by molar-refractivity contribution is 7.13. The zero-order valence-electron chi connectivity index (χ0n) is 11.0. The molecule has 2 fully saturated rings. The number of nitrogens with zero attached hydrogens (tertiary/aromatic N) is 2. The van der Waals surface area contributed by atoms with Gasteiger partial charge in [0.15, 0.2) is 5.13 Å². The van der Waals surface area contributed by atoms with E-state index in [0.29, 0.717) is 18.4 Å². The molecule has 1 aromatic rings. The molecule has 1 saturated heterocycles. The Morgan fingerprint density at radius 2 is 2.37 bits per heavy atom. The summed E-state index contributed by atoms with van der Waals surface area (Å²) in [6, 6.07) is 0. The minimum Gasteiger partial charge on any atom is -0.481 e. The molecule has 2 aliphatic rings. The number of nitrogens with one attached hydrogen (secondary N) is 1. The number of carbonyl (C=O) groups is 1. The summed E-state index contributed by atoms with van der Waals surface area (Å²) in [6.45, 7) is 2.35. The summed E-state index contributed by atoms with van der Waals surface area (Å²) in [5.74, 6) is 0.179. The fraction of sp³-hybridized carbons (Fsp3) is 0.692. The molecular weight excluding hydrogens is 262 g/mol. The largest absolute Gasteiger partial charge is 0.481 e. The van der Waals surface area contributed by atoms with Crippen LogP contribution in [0.15, 0.2) is 5.38 Å². The summed E-state index contributed by atoms with van der Waals surface area (Å²) in [5, 5.41) is 15.3. The van der Waals surface area contributed by atoms with E-state index < -0.39 is 5.97 Å². The molecule has 1 aliphatic heterocycles. The van der Waals surface area contributed by atoms with Gasteiger partial charge in [0, 0.05) is 32.1 Å². The normalized spacial score (nSPS) is 27.6. The standard InChI is InChI=1S/C13H19N3O2S/c1-14-13-15-9(7-19-13)4-16-5-10(8-2-3-8)11(6-16)12(17)18/h7-8,10-11H,2-6H2,1H3,(H,14,15)(H,17,18)/t10-,11+/m1/s1. The van der Waals surface area contributed by atoms with Crippen molar-refractivity contribution < 1.29 is 9.90 Å². The molecule has 0 unspecified atom stereocenters. The van der Waals surface area contributed by atoms with Crippen LogP contribution in [0.1, 0.15) is 18.5 Å². The van der Waals surface area contributed by atoms with Crippen LogP contribution in [0.3, 0.4) is 0 Å². The highest BCUT2D eigenvalue weighted by atomic mass is 32.1. The van der Waals surface area contributed by atoms with E-state index in [2.05, 4.69) is 15.2 Å². The molecule has 5 nitrogen and oxygen atoms in total. The highest BCUT2D eigenvalue weighted by Crippen LogP contribution is 2.44. The van der Waals surface area contributed by atoms with Crippen LogP contribution in [0.25, 0.3) is 0 Å². The van der Waals surface area contributed by atoms with Crippen molar-refractivity contribution in [1.29, 1.82) is 0 Å². The number of rotatable bonds is 5. The van der Waals surface area contributed by atoms with Gasteiger partial charge in [-0.25, -0.2) is 4.98 Å². The molecule has 1 aromatic heterocycles. The van der Waals surface area contributed by atoms with Crippen molar-refractivity contribution in [2.75, 3.05) is 25.5 Å². The van der Waals surface area contributed by atoms with Crippen LogP contribution in [0.5, 0.6) is 0 Å². The summed E-state index contributed by atoms with van der Waals surface area (Å²) in [4.78, 5) is 18.1. The Morgan fingerprint density at radius 3 is 2.95 bits per heavy atom. The molecule has 2 N–H and O–H groups in total. The van der Waals surface area contributed by atoms with E-state index >= 15 is 0 Å². The van der Waals surface area contributed by atoms with E-state index in [4.69, 9.17) is 0 Å². The van der Waals surface area contributed by atoms with E-state index in [1.165, 1.54) is 12.8 Å². The maximum atomic E-state index is 11.3. The first-order valence-corrected chi connectivity index (χ1v) is 7.62. The first kappa shape index (κ1) is 12.9. The SMILES string of the molecule is CNc1nc(CN2C[C@H](C(=O)O)[C@@H](C3CC3)C2)cs1. The Labute approximate surface area is 116 Å². The molecule has 0 radical (unpaired) electrons. The summed E-state index contributed by atoms with van der Waals surface area (Å²) in [7, 11) is 1.86. The van der Waals surface area contributed by atoms with Crippen LogP contribution >= 0.6 is 11.3 Å². The Bertz CT molecular complexity index is 472. The summed E-state index contributed by atoms with van der Waals surface area (Å²) in [5.41, 5.74) is 1.04. The monoisotopic (exact) mass is 281 g/mol. The Morgan fingerprint density at radius 1 is 1.58 bits per heavy atom. The van der Waals surface area contributed by atoms with Gasteiger partial charge in [0.05, 0.1) is 11.6 Å². The quantitative estimate of drug-likeness (QED) is 0.860. The maximum absolute atomic E-state index is 11.3. The van der Waals surface area contributed by atoms with Crippen molar-refractivity contribution in [2.45, 2.75) is 19.4 Å². The van der Waals surface area contributed by atoms with E-state index in [1.807, 2.05) is 12.4 Å². The topological polar surface area (TPSA) is 65.5 Å². The molecule has 0 spiro atoms. The first-order chi connectivity index (χ1) is 9.17. The number of carboxylic acids is 1. The summed E-state index contributed by atoms with van der Waals surface area (Å²) >= 11 is 1.59. The fourth-order valence-electron chi connectivity index (χ4n) is 3.03. The Kier molecular flexibility index (Phi) is 3.45. The number of aliphatic carboxylic acids is 1. The molecule has 1 aliphatic carbocycles. The molecule has 104 valence electrons. The molecular formula is C13H19N3O2S. The highest BCUT2D eigenvalue weighted by Gasteiger charge is 2.45. The summed E-state index contributed by atoms with van der Waals surface area (Å²) in [6.07, 6.45) is 2.42. The van der Waals surface area contributed by atoms with Gasteiger partial charge in [-0.05, 0) is 24.7 Å². The molecule has 0 aromatic carbocycles. The van der Waals surface area contributed by atoms with Gasteiger partial charge in [-0.1, -0.05) is 0 Å². The second kappa shape index (κ2) is 5.09. The second-order valence-corrected chi connectivity index (χ2v) is 6.39. The van der Waals surface area contributed by atoms with Crippen molar-refractivity contribution in [1.82, 2.24) is 9.88 Å². The number of hydrogen-bond donors (Lipinski definition) is 2. The van der Waals surface area contributed by atoms with Crippen LogP contribution < -0.4 is 5.32 Å². The van der Waals surface area contributed by atoms with Gasteiger partial charge in [0.2, 0.25) is 0 Å². The third-order valence-corrected chi connectivity index (χ3v) is 5.05. The summed E-state index contributed by atoms with van der Waals surface area (Å²) < 4.78 is 0. The van der Waals surface area contributed by atoms with Crippen molar-refractivity contribution >= 4 is 22.4 Å². The molecule has 2 heterocycles. The van der Waals surface area contributed by atoms with E-state index in [1.54, 1.807) is 11.3 Å². The number of carboxylic acid groups (broad SMARTS) is 1. The van der Waals surface area contributed by atoms with Crippen LogP contribution in [0.2, 0.25) is 0 Å². The Hall–Kier alpha value is -1.14. The first-order valence-electron chi connectivity index (χ1n) is 6.74. The lowest BCUT2D eigenvalue weighted by atomic mass is 9.92. The van der Waals surface area contributed by atoms with Gasteiger partial charge in [-0.3, -0.25) is 9.69 Å². The average Bonchev–Trinajstić information content (AvgIpc) is 2.99. The molecule has 0 amide bonds. The number of thiazole rings is 1. The number of aromatic nitrogens is 1. The van der Waals surface area contributed by atoms with E-state index in [0.717, 1.165) is 23.9 Å². The smallest absolute Gasteiger partial charge is 0.308 e. The lowest BCUT2D eigenvalue weighted by Gasteiger charge is -2.13. The predicted octanol–water partition coefficient (Wildman–Crippen LogP) is 1.73. The van der Waals surface area contributed by atoms with Crippen molar-refractivity contribution in [3.05, 3.63) is 11.1 Å². The van der Waals surface area contributed by atoms with E-state index in [-0.39, 0.29) is 5.92 Å². The van der Waals surface area contributed by atoms with Crippen LogP contribution in [0.4, 0.5) is 5.13 Å². The molecule has 3 rings (SSSR count). The van der Waals surface area contributed by atoms with Crippen molar-refractivity contribution in [3.63, 3.8) is 0 Å². The van der Waals surface area contributed by atoms with Crippen LogP contribution in [0, 0.1) is 17.8 Å². The lowest BCUT2D eigenvalue weighted by Crippen LogP contribution is -2.24. The Balaban J connectivity index is 1.64. The minimum atomic E-state index is -0.631. The lowest BCUT2D eigenvalue weighted by molar-refractivity contribution is -0.142. The van der Waals surface area contributed by atoms with Crippen LogP contribution in [-0.4, -0.2) is 41.1 Å². The molecule has 0 bridgehead atoms. The average molecular weight is 281 g/mol. The molecule has 2 atom stereocenters. The molecule has 19 heavy (non-hydrogen) atoms. The third-order valence-electron chi connectivity index (χ3n) is 4.14. The van der Waals surface area contributed by atoms with Crippen LogP contribution in [-0.2, 0) is 11.3 Å². The van der Waals surface area contributed by atoms with Gasteiger partial charge in [0.1, 0.15) is 0 Å². The number of hydrogen-bond acceptors (Lipinski definition) is 5. The van der Waals surface area contributed by atoms with Gasteiger partial charge in [-0.2, -0.15) is 0 Å². The van der Waals surface area contributed by atoms with Crippen molar-refractivity contribution in [3.8, 4) is 0 Å².